The maximum atomic E-state index is 4.41. The Bertz CT molecular complexity index is 358. The third-order valence-electron chi connectivity index (χ3n) is 4.16. The Labute approximate surface area is 105 Å². The Morgan fingerprint density at radius 3 is 2.29 bits per heavy atom. The molecule has 0 spiro atoms. The van der Waals surface area contributed by atoms with E-state index < -0.39 is 0 Å². The molecule has 0 aliphatic heterocycles. The van der Waals surface area contributed by atoms with Crippen LogP contribution in [0.4, 0.5) is 5.69 Å². The standard InChI is InChI=1S/C15H24N2/c1-4-15(7-5-6-8-15)11-16-14-9-12(2)17-13(3)10-14/h9-10H,4-8,11H2,1-3H3,(H,16,17). The summed E-state index contributed by atoms with van der Waals surface area (Å²) in [7, 11) is 0. The van der Waals surface area contributed by atoms with Crippen LogP contribution in [0.2, 0.25) is 0 Å². The Kier molecular flexibility index (Phi) is 3.70. The third-order valence-corrected chi connectivity index (χ3v) is 4.16. The third kappa shape index (κ3) is 2.99. The molecule has 1 saturated carbocycles. The second-order valence-electron chi connectivity index (χ2n) is 5.55. The quantitative estimate of drug-likeness (QED) is 0.846. The highest BCUT2D eigenvalue weighted by Crippen LogP contribution is 2.40. The Hall–Kier alpha value is -1.05. The molecule has 1 aromatic heterocycles. The molecule has 1 heterocycles. The summed E-state index contributed by atoms with van der Waals surface area (Å²) in [6.07, 6.45) is 6.88. The zero-order valence-corrected chi connectivity index (χ0v) is 11.3. The topological polar surface area (TPSA) is 24.9 Å². The van der Waals surface area contributed by atoms with E-state index in [4.69, 9.17) is 0 Å². The highest BCUT2D eigenvalue weighted by molar-refractivity contribution is 5.45. The smallest absolute Gasteiger partial charge is 0.0396 e. The number of anilines is 1. The lowest BCUT2D eigenvalue weighted by atomic mass is 9.83. The molecule has 0 radical (unpaired) electrons. The van der Waals surface area contributed by atoms with Crippen molar-refractivity contribution in [3.05, 3.63) is 23.5 Å². The van der Waals surface area contributed by atoms with E-state index in [1.54, 1.807) is 0 Å². The van der Waals surface area contributed by atoms with Crippen LogP contribution < -0.4 is 5.32 Å². The summed E-state index contributed by atoms with van der Waals surface area (Å²) in [5.41, 5.74) is 3.98. The normalized spacial score (nSPS) is 18.3. The van der Waals surface area contributed by atoms with Gasteiger partial charge in [-0.05, 0) is 50.7 Å². The van der Waals surface area contributed by atoms with Gasteiger partial charge in [0.1, 0.15) is 0 Å². The number of nitrogens with one attached hydrogen (secondary N) is 1. The lowest BCUT2D eigenvalue weighted by Gasteiger charge is -2.28. The van der Waals surface area contributed by atoms with Crippen molar-refractivity contribution in [2.75, 3.05) is 11.9 Å². The summed E-state index contributed by atoms with van der Waals surface area (Å²) in [4.78, 5) is 4.41. The summed E-state index contributed by atoms with van der Waals surface area (Å²) in [5, 5.41) is 3.62. The number of hydrogen-bond acceptors (Lipinski definition) is 2. The summed E-state index contributed by atoms with van der Waals surface area (Å²) < 4.78 is 0. The van der Waals surface area contributed by atoms with Crippen molar-refractivity contribution in [1.29, 1.82) is 0 Å². The number of pyridine rings is 1. The fourth-order valence-electron chi connectivity index (χ4n) is 3.01. The van der Waals surface area contributed by atoms with Crippen LogP contribution in [-0.4, -0.2) is 11.5 Å². The van der Waals surface area contributed by atoms with Crippen LogP contribution in [0.15, 0.2) is 12.1 Å². The molecule has 1 fully saturated rings. The van der Waals surface area contributed by atoms with Crippen LogP contribution in [0.25, 0.3) is 0 Å². The van der Waals surface area contributed by atoms with Crippen LogP contribution in [0.1, 0.15) is 50.4 Å². The Morgan fingerprint density at radius 1 is 1.18 bits per heavy atom. The van der Waals surface area contributed by atoms with Gasteiger partial charge in [0.2, 0.25) is 0 Å². The van der Waals surface area contributed by atoms with Crippen molar-refractivity contribution in [1.82, 2.24) is 4.98 Å². The number of aryl methyl sites for hydroxylation is 2. The SMILES string of the molecule is CCC1(CNc2cc(C)nc(C)c2)CCCC1. The molecule has 2 nitrogen and oxygen atoms in total. The van der Waals surface area contributed by atoms with Crippen LogP contribution in [-0.2, 0) is 0 Å². The van der Waals surface area contributed by atoms with E-state index in [0.717, 1.165) is 17.9 Å². The minimum absolute atomic E-state index is 0.547. The van der Waals surface area contributed by atoms with E-state index >= 15 is 0 Å². The van der Waals surface area contributed by atoms with Crippen LogP contribution in [0.5, 0.6) is 0 Å². The van der Waals surface area contributed by atoms with E-state index in [9.17, 15) is 0 Å². The van der Waals surface area contributed by atoms with Gasteiger partial charge in [-0.1, -0.05) is 19.8 Å². The molecule has 0 amide bonds. The van der Waals surface area contributed by atoms with Gasteiger partial charge >= 0.3 is 0 Å². The molecule has 0 unspecified atom stereocenters. The van der Waals surface area contributed by atoms with Gasteiger partial charge in [0.25, 0.3) is 0 Å². The molecule has 0 aromatic carbocycles. The maximum Gasteiger partial charge on any atom is 0.0396 e. The molecule has 0 saturated heterocycles. The maximum absolute atomic E-state index is 4.41. The van der Waals surface area contributed by atoms with E-state index in [-0.39, 0.29) is 0 Å². The number of rotatable bonds is 4. The van der Waals surface area contributed by atoms with Gasteiger partial charge in [0.05, 0.1) is 0 Å². The fraction of sp³-hybridized carbons (Fsp3) is 0.667. The van der Waals surface area contributed by atoms with Gasteiger partial charge in [-0.15, -0.1) is 0 Å². The molecule has 1 aliphatic rings. The monoisotopic (exact) mass is 232 g/mol. The first kappa shape index (κ1) is 12.4. The van der Waals surface area contributed by atoms with Gasteiger partial charge in [-0.3, -0.25) is 4.98 Å². The van der Waals surface area contributed by atoms with E-state index in [1.165, 1.54) is 37.8 Å². The van der Waals surface area contributed by atoms with Gasteiger partial charge < -0.3 is 5.32 Å². The second-order valence-corrected chi connectivity index (χ2v) is 5.55. The van der Waals surface area contributed by atoms with Gasteiger partial charge in [0.15, 0.2) is 0 Å². The molecular formula is C15H24N2. The highest BCUT2D eigenvalue weighted by atomic mass is 14.9. The zero-order chi connectivity index (χ0) is 12.3. The van der Waals surface area contributed by atoms with Gasteiger partial charge in [-0.2, -0.15) is 0 Å². The lowest BCUT2D eigenvalue weighted by molar-refractivity contribution is 0.307. The van der Waals surface area contributed by atoms with E-state index in [2.05, 4.69) is 43.2 Å². The molecule has 17 heavy (non-hydrogen) atoms. The summed E-state index contributed by atoms with van der Waals surface area (Å²) in [6, 6.07) is 4.29. The minimum atomic E-state index is 0.547. The lowest BCUT2D eigenvalue weighted by Crippen LogP contribution is -2.25. The first-order valence-electron chi connectivity index (χ1n) is 6.83. The van der Waals surface area contributed by atoms with Gasteiger partial charge in [-0.25, -0.2) is 0 Å². The zero-order valence-electron chi connectivity index (χ0n) is 11.3. The molecule has 94 valence electrons. The van der Waals surface area contributed by atoms with Crippen molar-refractivity contribution >= 4 is 5.69 Å². The predicted octanol–water partition coefficient (Wildman–Crippen LogP) is 4.08. The first-order valence-corrected chi connectivity index (χ1v) is 6.83. The molecule has 2 heteroatoms. The van der Waals surface area contributed by atoms with Gasteiger partial charge in [0, 0.05) is 23.6 Å². The minimum Gasteiger partial charge on any atom is -0.384 e. The largest absolute Gasteiger partial charge is 0.384 e. The number of nitrogens with zero attached hydrogens (tertiary/aromatic N) is 1. The van der Waals surface area contributed by atoms with Crippen molar-refractivity contribution in [3.8, 4) is 0 Å². The predicted molar refractivity (Wildman–Crippen MR) is 73.4 cm³/mol. The summed E-state index contributed by atoms with van der Waals surface area (Å²) in [5.74, 6) is 0. The van der Waals surface area contributed by atoms with Crippen LogP contribution >= 0.6 is 0 Å². The molecular weight excluding hydrogens is 208 g/mol. The van der Waals surface area contributed by atoms with Crippen molar-refractivity contribution in [2.45, 2.75) is 52.9 Å². The summed E-state index contributed by atoms with van der Waals surface area (Å²) in [6.45, 7) is 7.56. The van der Waals surface area contributed by atoms with Crippen LogP contribution in [0.3, 0.4) is 0 Å². The first-order chi connectivity index (χ1) is 8.13. The van der Waals surface area contributed by atoms with Crippen molar-refractivity contribution in [2.24, 2.45) is 5.41 Å². The fourth-order valence-corrected chi connectivity index (χ4v) is 3.01. The number of aromatic nitrogens is 1. The Morgan fingerprint density at radius 2 is 1.76 bits per heavy atom. The van der Waals surface area contributed by atoms with E-state index in [1.807, 2.05) is 0 Å². The molecule has 0 atom stereocenters. The molecule has 2 rings (SSSR count). The van der Waals surface area contributed by atoms with Crippen LogP contribution in [0, 0.1) is 19.3 Å². The molecule has 1 aromatic rings. The summed E-state index contributed by atoms with van der Waals surface area (Å²) >= 11 is 0. The van der Waals surface area contributed by atoms with Crippen molar-refractivity contribution < 1.29 is 0 Å². The molecule has 1 aliphatic carbocycles. The molecule has 1 N–H and O–H groups in total. The molecule has 0 bridgehead atoms. The average molecular weight is 232 g/mol. The second kappa shape index (κ2) is 5.07. The van der Waals surface area contributed by atoms with E-state index in [0.29, 0.717) is 5.41 Å². The number of hydrogen-bond donors (Lipinski definition) is 1. The van der Waals surface area contributed by atoms with Crippen molar-refractivity contribution in [3.63, 3.8) is 0 Å². The average Bonchev–Trinajstić information content (AvgIpc) is 2.74. The highest BCUT2D eigenvalue weighted by Gasteiger charge is 2.31. The Balaban J connectivity index is 2.01.